The van der Waals surface area contributed by atoms with Gasteiger partial charge in [0.25, 0.3) is 5.69 Å². The molecule has 8 nitrogen and oxygen atoms in total. The third-order valence-electron chi connectivity index (χ3n) is 3.41. The molecule has 0 aliphatic heterocycles. The van der Waals surface area contributed by atoms with Crippen LogP contribution in [0.4, 0.5) is 11.4 Å². The van der Waals surface area contributed by atoms with Gasteiger partial charge in [-0.3, -0.25) is 24.6 Å². The van der Waals surface area contributed by atoms with E-state index in [1.807, 2.05) is 18.7 Å². The molecule has 2 amide bonds. The molecule has 0 atom stereocenters. The molecular formula is C15H22N4O4. The largest absolute Gasteiger partial charge is 0.369 e. The van der Waals surface area contributed by atoms with E-state index in [4.69, 9.17) is 5.73 Å². The Balaban J connectivity index is 2.62. The summed E-state index contributed by atoms with van der Waals surface area (Å²) in [7, 11) is 0. The standard InChI is InChI=1S/C15H22N4O4/c1-10(2)18(9-14(16)20)7-6-15(21)17-13-5-4-12(19(22)23)8-11(13)3/h4-5,8,10H,6-7,9H2,1-3H3,(H2,16,20)(H,17,21). The van der Waals surface area contributed by atoms with Crippen LogP contribution >= 0.6 is 0 Å². The van der Waals surface area contributed by atoms with E-state index < -0.39 is 10.8 Å². The number of rotatable bonds is 8. The number of nitrogens with zero attached hydrogens (tertiary/aromatic N) is 2. The minimum atomic E-state index is -0.483. The van der Waals surface area contributed by atoms with Crippen molar-refractivity contribution in [2.45, 2.75) is 33.2 Å². The molecule has 23 heavy (non-hydrogen) atoms. The van der Waals surface area contributed by atoms with Gasteiger partial charge in [-0.1, -0.05) is 0 Å². The van der Waals surface area contributed by atoms with Gasteiger partial charge in [0.2, 0.25) is 11.8 Å². The molecule has 8 heteroatoms. The molecule has 1 rings (SSSR count). The lowest BCUT2D eigenvalue weighted by Crippen LogP contribution is -2.40. The van der Waals surface area contributed by atoms with E-state index in [0.29, 0.717) is 17.8 Å². The normalized spacial score (nSPS) is 10.8. The van der Waals surface area contributed by atoms with Gasteiger partial charge in [0.15, 0.2) is 0 Å². The van der Waals surface area contributed by atoms with E-state index in [-0.39, 0.29) is 30.6 Å². The lowest BCUT2D eigenvalue weighted by Gasteiger charge is -2.24. The monoisotopic (exact) mass is 322 g/mol. The summed E-state index contributed by atoms with van der Waals surface area (Å²) in [6.45, 7) is 6.03. The van der Waals surface area contributed by atoms with Crippen LogP contribution in [0.15, 0.2) is 18.2 Å². The smallest absolute Gasteiger partial charge is 0.269 e. The molecule has 0 unspecified atom stereocenters. The number of amides is 2. The summed E-state index contributed by atoms with van der Waals surface area (Å²) < 4.78 is 0. The maximum atomic E-state index is 12.0. The van der Waals surface area contributed by atoms with Crippen LogP contribution in [0.1, 0.15) is 25.8 Å². The van der Waals surface area contributed by atoms with Crippen molar-refractivity contribution >= 4 is 23.2 Å². The molecule has 0 aliphatic rings. The quantitative estimate of drug-likeness (QED) is 0.554. The Morgan fingerprint density at radius 3 is 2.52 bits per heavy atom. The first kappa shape index (κ1) is 18.6. The number of hydrogen-bond acceptors (Lipinski definition) is 5. The Kier molecular flexibility index (Phi) is 6.65. The number of primary amides is 1. The average molecular weight is 322 g/mol. The van der Waals surface area contributed by atoms with Crippen molar-refractivity contribution in [3.63, 3.8) is 0 Å². The summed E-state index contributed by atoms with van der Waals surface area (Å²) in [4.78, 5) is 35.0. The number of benzene rings is 1. The second-order valence-electron chi connectivity index (χ2n) is 5.59. The number of non-ortho nitro benzene ring substituents is 1. The van der Waals surface area contributed by atoms with E-state index in [0.717, 1.165) is 0 Å². The number of nitrogens with one attached hydrogen (secondary N) is 1. The highest BCUT2D eigenvalue weighted by Crippen LogP contribution is 2.21. The fourth-order valence-electron chi connectivity index (χ4n) is 2.08. The zero-order valence-corrected chi connectivity index (χ0v) is 13.5. The number of carbonyl (C=O) groups is 2. The predicted octanol–water partition coefficient (Wildman–Crippen LogP) is 1.43. The summed E-state index contributed by atoms with van der Waals surface area (Å²) in [6.07, 6.45) is 0.196. The Bertz CT molecular complexity index is 601. The van der Waals surface area contributed by atoms with Gasteiger partial charge in [-0.25, -0.2) is 0 Å². The Morgan fingerprint density at radius 1 is 1.39 bits per heavy atom. The van der Waals surface area contributed by atoms with Gasteiger partial charge in [-0.15, -0.1) is 0 Å². The van der Waals surface area contributed by atoms with Gasteiger partial charge in [0, 0.05) is 36.8 Å². The van der Waals surface area contributed by atoms with Crippen molar-refractivity contribution < 1.29 is 14.5 Å². The molecule has 0 saturated carbocycles. The maximum Gasteiger partial charge on any atom is 0.269 e. The first-order chi connectivity index (χ1) is 10.7. The fourth-order valence-corrected chi connectivity index (χ4v) is 2.08. The molecule has 0 radical (unpaired) electrons. The minimum absolute atomic E-state index is 0.0204. The molecule has 0 aliphatic carbocycles. The molecule has 0 saturated heterocycles. The highest BCUT2D eigenvalue weighted by atomic mass is 16.6. The molecule has 3 N–H and O–H groups in total. The second kappa shape index (κ2) is 8.23. The fraction of sp³-hybridized carbons (Fsp3) is 0.467. The maximum absolute atomic E-state index is 12.0. The number of anilines is 1. The van der Waals surface area contributed by atoms with Crippen molar-refractivity contribution in [2.24, 2.45) is 5.73 Å². The second-order valence-corrected chi connectivity index (χ2v) is 5.59. The lowest BCUT2D eigenvalue weighted by molar-refractivity contribution is -0.384. The number of hydrogen-bond donors (Lipinski definition) is 2. The number of nitrogens with two attached hydrogens (primary N) is 1. The molecule has 1 aromatic rings. The topological polar surface area (TPSA) is 119 Å². The highest BCUT2D eigenvalue weighted by Gasteiger charge is 2.15. The molecule has 0 bridgehead atoms. The van der Waals surface area contributed by atoms with Crippen LogP contribution in [-0.2, 0) is 9.59 Å². The zero-order chi connectivity index (χ0) is 17.6. The minimum Gasteiger partial charge on any atom is -0.369 e. The van der Waals surface area contributed by atoms with E-state index >= 15 is 0 Å². The van der Waals surface area contributed by atoms with Crippen molar-refractivity contribution in [3.05, 3.63) is 33.9 Å². The first-order valence-corrected chi connectivity index (χ1v) is 7.28. The summed E-state index contributed by atoms with van der Waals surface area (Å²) in [6, 6.07) is 4.35. The van der Waals surface area contributed by atoms with Crippen molar-refractivity contribution in [1.29, 1.82) is 0 Å². The molecule has 0 fully saturated rings. The third-order valence-corrected chi connectivity index (χ3v) is 3.41. The van der Waals surface area contributed by atoms with Gasteiger partial charge in [0.05, 0.1) is 11.5 Å². The van der Waals surface area contributed by atoms with Gasteiger partial charge < -0.3 is 11.1 Å². The predicted molar refractivity (Wildman–Crippen MR) is 87.0 cm³/mol. The number of carbonyl (C=O) groups excluding carboxylic acids is 2. The van der Waals surface area contributed by atoms with E-state index in [9.17, 15) is 19.7 Å². The van der Waals surface area contributed by atoms with Gasteiger partial charge >= 0.3 is 0 Å². The Labute approximate surface area is 134 Å². The van der Waals surface area contributed by atoms with Gasteiger partial charge in [-0.2, -0.15) is 0 Å². The van der Waals surface area contributed by atoms with Crippen molar-refractivity contribution in [1.82, 2.24) is 4.90 Å². The van der Waals surface area contributed by atoms with Gasteiger partial charge in [0.1, 0.15) is 0 Å². The molecule has 0 aromatic heterocycles. The number of nitro groups is 1. The first-order valence-electron chi connectivity index (χ1n) is 7.28. The molecule has 0 heterocycles. The van der Waals surface area contributed by atoms with Crippen LogP contribution in [-0.4, -0.2) is 40.8 Å². The summed E-state index contributed by atoms with van der Waals surface area (Å²) in [5, 5.41) is 13.4. The molecular weight excluding hydrogens is 300 g/mol. The van der Waals surface area contributed by atoms with Crippen LogP contribution in [0.2, 0.25) is 0 Å². The highest BCUT2D eigenvalue weighted by molar-refractivity contribution is 5.91. The molecule has 0 spiro atoms. The summed E-state index contributed by atoms with van der Waals surface area (Å²) in [5.41, 5.74) is 6.31. The summed E-state index contributed by atoms with van der Waals surface area (Å²) in [5.74, 6) is -0.664. The summed E-state index contributed by atoms with van der Waals surface area (Å²) >= 11 is 0. The average Bonchev–Trinajstić information content (AvgIpc) is 2.44. The van der Waals surface area contributed by atoms with E-state index in [1.54, 1.807) is 6.92 Å². The number of aryl methyl sites for hydroxylation is 1. The lowest BCUT2D eigenvalue weighted by atomic mass is 10.1. The SMILES string of the molecule is Cc1cc([N+](=O)[O-])ccc1NC(=O)CCN(CC(N)=O)C(C)C. The Morgan fingerprint density at radius 2 is 2.04 bits per heavy atom. The van der Waals surface area contributed by atoms with Crippen LogP contribution in [0.5, 0.6) is 0 Å². The van der Waals surface area contributed by atoms with Crippen LogP contribution < -0.4 is 11.1 Å². The van der Waals surface area contributed by atoms with Gasteiger partial charge in [-0.05, 0) is 32.4 Å². The van der Waals surface area contributed by atoms with Crippen molar-refractivity contribution in [2.75, 3.05) is 18.4 Å². The van der Waals surface area contributed by atoms with Crippen LogP contribution in [0, 0.1) is 17.0 Å². The Hall–Kier alpha value is -2.48. The van der Waals surface area contributed by atoms with E-state index in [2.05, 4.69) is 5.32 Å². The number of nitro benzene ring substituents is 1. The van der Waals surface area contributed by atoms with Crippen LogP contribution in [0.3, 0.4) is 0 Å². The third kappa shape index (κ3) is 6.03. The molecule has 1 aromatic carbocycles. The zero-order valence-electron chi connectivity index (χ0n) is 13.5. The van der Waals surface area contributed by atoms with Crippen molar-refractivity contribution in [3.8, 4) is 0 Å². The van der Waals surface area contributed by atoms with E-state index in [1.165, 1.54) is 18.2 Å². The molecule has 126 valence electrons. The van der Waals surface area contributed by atoms with Crippen LogP contribution in [0.25, 0.3) is 0 Å².